The van der Waals surface area contributed by atoms with Crippen molar-refractivity contribution in [3.8, 4) is 0 Å². The Kier molecular flexibility index (Phi) is 11.5. The van der Waals surface area contributed by atoms with Crippen LogP contribution in [-0.2, 0) is 16.1 Å². The minimum absolute atomic E-state index is 0. The minimum atomic E-state index is -0.150. The second-order valence-corrected chi connectivity index (χ2v) is 5.19. The molecule has 0 amide bonds. The SMILES string of the molecule is CCOC(=O)CCCNC(=NC)NCc1ccc(C)cc1C.I. The Bertz CT molecular complexity index is 519. The molecule has 1 aromatic rings. The third-order valence-corrected chi connectivity index (χ3v) is 3.32. The summed E-state index contributed by atoms with van der Waals surface area (Å²) in [4.78, 5) is 15.4. The van der Waals surface area contributed by atoms with Gasteiger partial charge in [-0.2, -0.15) is 0 Å². The van der Waals surface area contributed by atoms with Crippen LogP contribution in [0.25, 0.3) is 0 Å². The fourth-order valence-corrected chi connectivity index (χ4v) is 2.12. The lowest BCUT2D eigenvalue weighted by atomic mass is 10.1. The molecule has 0 aliphatic heterocycles. The summed E-state index contributed by atoms with van der Waals surface area (Å²) in [5, 5.41) is 6.48. The van der Waals surface area contributed by atoms with E-state index in [9.17, 15) is 4.79 Å². The van der Waals surface area contributed by atoms with Crippen LogP contribution in [0.5, 0.6) is 0 Å². The minimum Gasteiger partial charge on any atom is -0.466 e. The van der Waals surface area contributed by atoms with E-state index >= 15 is 0 Å². The molecule has 0 aliphatic rings. The lowest BCUT2D eigenvalue weighted by Gasteiger charge is -2.13. The summed E-state index contributed by atoms with van der Waals surface area (Å²) < 4.78 is 4.89. The summed E-state index contributed by atoms with van der Waals surface area (Å²) in [6.45, 7) is 7.86. The number of hydrogen-bond donors (Lipinski definition) is 2. The predicted molar refractivity (Wildman–Crippen MR) is 105 cm³/mol. The highest BCUT2D eigenvalue weighted by molar-refractivity contribution is 14.0. The first-order chi connectivity index (χ1) is 10.6. The highest BCUT2D eigenvalue weighted by Crippen LogP contribution is 2.09. The van der Waals surface area contributed by atoms with Gasteiger partial charge < -0.3 is 15.4 Å². The van der Waals surface area contributed by atoms with Gasteiger partial charge in [0, 0.05) is 26.6 Å². The number of halogens is 1. The number of nitrogens with zero attached hydrogens (tertiary/aromatic N) is 1. The summed E-state index contributed by atoms with van der Waals surface area (Å²) in [5.74, 6) is 0.589. The Labute approximate surface area is 156 Å². The summed E-state index contributed by atoms with van der Waals surface area (Å²) in [7, 11) is 1.74. The van der Waals surface area contributed by atoms with Gasteiger partial charge in [-0.15, -0.1) is 24.0 Å². The zero-order valence-electron chi connectivity index (χ0n) is 14.4. The van der Waals surface area contributed by atoms with Crippen LogP contribution in [0.4, 0.5) is 0 Å². The molecule has 0 heterocycles. The molecule has 2 N–H and O–H groups in total. The summed E-state index contributed by atoms with van der Waals surface area (Å²) in [5.41, 5.74) is 3.79. The first kappa shape index (κ1) is 21.7. The molecule has 0 spiro atoms. The van der Waals surface area contributed by atoms with Crippen molar-refractivity contribution >= 4 is 35.9 Å². The molecule has 0 radical (unpaired) electrons. The van der Waals surface area contributed by atoms with E-state index in [1.807, 2.05) is 6.92 Å². The maximum Gasteiger partial charge on any atom is 0.305 e. The molecule has 6 heteroatoms. The average molecular weight is 433 g/mol. The van der Waals surface area contributed by atoms with Crippen LogP contribution in [0.2, 0.25) is 0 Å². The number of hydrogen-bond acceptors (Lipinski definition) is 3. The number of benzene rings is 1. The van der Waals surface area contributed by atoms with E-state index in [4.69, 9.17) is 4.74 Å². The third kappa shape index (κ3) is 8.78. The second kappa shape index (κ2) is 12.2. The number of rotatable bonds is 7. The molecule has 5 nitrogen and oxygen atoms in total. The highest BCUT2D eigenvalue weighted by Gasteiger charge is 2.03. The summed E-state index contributed by atoms with van der Waals surface area (Å²) >= 11 is 0. The van der Waals surface area contributed by atoms with Gasteiger partial charge in [-0.1, -0.05) is 23.8 Å². The highest BCUT2D eigenvalue weighted by atomic mass is 127. The van der Waals surface area contributed by atoms with Crippen molar-refractivity contribution in [2.24, 2.45) is 4.99 Å². The quantitative estimate of drug-likeness (QED) is 0.228. The summed E-state index contributed by atoms with van der Waals surface area (Å²) in [6, 6.07) is 6.41. The Balaban J connectivity index is 0.00000484. The normalized spacial score (nSPS) is 10.7. The molecule has 0 unspecified atom stereocenters. The van der Waals surface area contributed by atoms with Crippen LogP contribution in [0.3, 0.4) is 0 Å². The number of aryl methyl sites for hydroxylation is 2. The van der Waals surface area contributed by atoms with Gasteiger partial charge in [0.1, 0.15) is 0 Å². The van der Waals surface area contributed by atoms with Crippen LogP contribution in [0.15, 0.2) is 23.2 Å². The number of guanidine groups is 1. The van der Waals surface area contributed by atoms with Gasteiger partial charge in [0.05, 0.1) is 6.61 Å². The molecule has 0 bridgehead atoms. The number of esters is 1. The van der Waals surface area contributed by atoms with E-state index in [1.54, 1.807) is 7.05 Å². The number of ether oxygens (including phenoxy) is 1. The lowest BCUT2D eigenvalue weighted by molar-refractivity contribution is -0.143. The molecule has 0 saturated carbocycles. The fourth-order valence-electron chi connectivity index (χ4n) is 2.12. The molecule has 0 aliphatic carbocycles. The zero-order valence-corrected chi connectivity index (χ0v) is 16.8. The Hall–Kier alpha value is -1.31. The van der Waals surface area contributed by atoms with E-state index in [2.05, 4.69) is 47.7 Å². The van der Waals surface area contributed by atoms with E-state index in [1.165, 1.54) is 16.7 Å². The van der Waals surface area contributed by atoms with Gasteiger partial charge in [0.2, 0.25) is 0 Å². The molecule has 0 atom stereocenters. The monoisotopic (exact) mass is 433 g/mol. The number of nitrogens with one attached hydrogen (secondary N) is 2. The van der Waals surface area contributed by atoms with Gasteiger partial charge in [0.25, 0.3) is 0 Å². The lowest BCUT2D eigenvalue weighted by Crippen LogP contribution is -2.37. The van der Waals surface area contributed by atoms with Crippen molar-refractivity contribution in [2.75, 3.05) is 20.2 Å². The van der Waals surface area contributed by atoms with Crippen LogP contribution in [-0.4, -0.2) is 32.1 Å². The average Bonchev–Trinajstić information content (AvgIpc) is 2.48. The summed E-state index contributed by atoms with van der Waals surface area (Å²) in [6.07, 6.45) is 1.15. The van der Waals surface area contributed by atoms with E-state index in [-0.39, 0.29) is 29.9 Å². The van der Waals surface area contributed by atoms with Crippen molar-refractivity contribution in [3.05, 3.63) is 34.9 Å². The molecule has 0 saturated heterocycles. The van der Waals surface area contributed by atoms with Crippen molar-refractivity contribution in [1.82, 2.24) is 10.6 Å². The standard InChI is InChI=1S/C17H27N3O2.HI/c1-5-22-16(21)7-6-10-19-17(18-4)20-12-15-9-8-13(2)11-14(15)3;/h8-9,11H,5-7,10,12H2,1-4H3,(H2,18,19,20);1H. The van der Waals surface area contributed by atoms with Gasteiger partial charge in [-0.25, -0.2) is 0 Å². The Morgan fingerprint density at radius 2 is 2.00 bits per heavy atom. The maximum absolute atomic E-state index is 11.2. The Morgan fingerprint density at radius 3 is 2.61 bits per heavy atom. The van der Waals surface area contributed by atoms with Crippen LogP contribution in [0, 0.1) is 13.8 Å². The molecular formula is C17H28IN3O2. The van der Waals surface area contributed by atoms with E-state index < -0.39 is 0 Å². The molecule has 1 aromatic carbocycles. The molecule has 23 heavy (non-hydrogen) atoms. The van der Waals surface area contributed by atoms with Crippen LogP contribution < -0.4 is 10.6 Å². The molecular weight excluding hydrogens is 405 g/mol. The molecule has 130 valence electrons. The van der Waals surface area contributed by atoms with E-state index in [0.717, 1.165) is 18.9 Å². The number of aliphatic imine (C=N–C) groups is 1. The first-order valence-corrected chi connectivity index (χ1v) is 7.73. The van der Waals surface area contributed by atoms with Gasteiger partial charge in [0.15, 0.2) is 5.96 Å². The third-order valence-electron chi connectivity index (χ3n) is 3.32. The van der Waals surface area contributed by atoms with E-state index in [0.29, 0.717) is 19.6 Å². The largest absolute Gasteiger partial charge is 0.466 e. The zero-order chi connectivity index (χ0) is 16.4. The maximum atomic E-state index is 11.2. The molecule has 1 rings (SSSR count). The van der Waals surface area contributed by atoms with Crippen LogP contribution in [0.1, 0.15) is 36.5 Å². The molecule has 0 aromatic heterocycles. The van der Waals surface area contributed by atoms with Gasteiger partial charge >= 0.3 is 5.97 Å². The van der Waals surface area contributed by atoms with Crippen molar-refractivity contribution < 1.29 is 9.53 Å². The predicted octanol–water partition coefficient (Wildman–Crippen LogP) is 2.93. The fraction of sp³-hybridized carbons (Fsp3) is 0.529. The Morgan fingerprint density at radius 1 is 1.26 bits per heavy atom. The van der Waals surface area contributed by atoms with Crippen LogP contribution >= 0.6 is 24.0 Å². The van der Waals surface area contributed by atoms with Gasteiger partial charge in [-0.3, -0.25) is 9.79 Å². The second-order valence-electron chi connectivity index (χ2n) is 5.19. The van der Waals surface area contributed by atoms with Crippen molar-refractivity contribution in [3.63, 3.8) is 0 Å². The first-order valence-electron chi connectivity index (χ1n) is 7.73. The topological polar surface area (TPSA) is 62.7 Å². The molecule has 0 fully saturated rings. The van der Waals surface area contributed by atoms with Gasteiger partial charge in [-0.05, 0) is 38.3 Å². The van der Waals surface area contributed by atoms with Crippen molar-refractivity contribution in [1.29, 1.82) is 0 Å². The van der Waals surface area contributed by atoms with Crippen molar-refractivity contribution in [2.45, 2.75) is 40.2 Å². The number of carbonyl (C=O) groups excluding carboxylic acids is 1. The number of carbonyl (C=O) groups is 1. The smallest absolute Gasteiger partial charge is 0.305 e.